The van der Waals surface area contributed by atoms with E-state index < -0.39 is 18.5 Å². The highest BCUT2D eigenvalue weighted by atomic mass is 16.5. The van der Waals surface area contributed by atoms with Crippen LogP contribution in [0.5, 0.6) is 17.2 Å². The lowest BCUT2D eigenvalue weighted by molar-refractivity contribution is -0.119. The van der Waals surface area contributed by atoms with Crippen molar-refractivity contribution in [3.63, 3.8) is 0 Å². The molecule has 1 amide bonds. The summed E-state index contributed by atoms with van der Waals surface area (Å²) in [6.07, 6.45) is 3.40. The van der Waals surface area contributed by atoms with Crippen LogP contribution in [0.1, 0.15) is 33.6 Å². The van der Waals surface area contributed by atoms with E-state index in [4.69, 9.17) is 23.9 Å². The molecule has 1 aliphatic carbocycles. The molecule has 0 spiro atoms. The van der Waals surface area contributed by atoms with Crippen LogP contribution in [0, 0.1) is 0 Å². The lowest BCUT2D eigenvalue weighted by atomic mass is 10.0. The van der Waals surface area contributed by atoms with E-state index in [0.717, 1.165) is 22.4 Å². The molecule has 8 heteroatoms. The Morgan fingerprint density at radius 2 is 1.67 bits per heavy atom. The van der Waals surface area contributed by atoms with Gasteiger partial charge in [0.1, 0.15) is 5.75 Å². The number of fused-ring (bicyclic) bond motifs is 2. The lowest BCUT2D eigenvalue weighted by Gasteiger charge is -2.13. The minimum Gasteiger partial charge on any atom is -0.497 e. The number of hydrogen-bond donors (Lipinski definition) is 1. The van der Waals surface area contributed by atoms with Crippen LogP contribution in [-0.4, -0.2) is 44.8 Å². The number of hydrogen-bond acceptors (Lipinski definition) is 7. The third-order valence-electron chi connectivity index (χ3n) is 6.60. The van der Waals surface area contributed by atoms with Crippen molar-refractivity contribution in [3.05, 3.63) is 89.1 Å². The zero-order chi connectivity index (χ0) is 27.4. The van der Waals surface area contributed by atoms with Gasteiger partial charge in [-0.2, -0.15) is 0 Å². The van der Waals surface area contributed by atoms with Gasteiger partial charge in [0.15, 0.2) is 18.1 Å². The van der Waals surface area contributed by atoms with Crippen LogP contribution in [0.2, 0.25) is 0 Å². The van der Waals surface area contributed by atoms with Gasteiger partial charge in [0.05, 0.1) is 38.1 Å². The first kappa shape index (κ1) is 25.8. The SMILES string of the molecule is COc1ccc(NC(=O)COC(=O)c2c3c(nc4ccccc24)/C(=C\c2ccc(OC)c(OC)c2)CC3)cc1. The molecule has 0 atom stereocenters. The van der Waals surface area contributed by atoms with Crippen LogP contribution in [0.15, 0.2) is 66.7 Å². The van der Waals surface area contributed by atoms with Gasteiger partial charge in [0.25, 0.3) is 5.91 Å². The predicted octanol–water partition coefficient (Wildman–Crippen LogP) is 5.54. The number of anilines is 1. The number of esters is 1. The second-order valence-electron chi connectivity index (χ2n) is 8.97. The number of ether oxygens (including phenoxy) is 4. The first-order chi connectivity index (χ1) is 19.0. The van der Waals surface area contributed by atoms with E-state index in [0.29, 0.717) is 52.2 Å². The van der Waals surface area contributed by atoms with E-state index in [1.54, 1.807) is 45.6 Å². The summed E-state index contributed by atoms with van der Waals surface area (Å²) >= 11 is 0. The van der Waals surface area contributed by atoms with Gasteiger partial charge in [-0.05, 0) is 78.1 Å². The lowest BCUT2D eigenvalue weighted by Crippen LogP contribution is -2.21. The first-order valence-corrected chi connectivity index (χ1v) is 12.5. The molecule has 0 aliphatic heterocycles. The van der Waals surface area contributed by atoms with Gasteiger partial charge in [-0.15, -0.1) is 0 Å². The molecule has 0 radical (unpaired) electrons. The number of aromatic nitrogens is 1. The van der Waals surface area contributed by atoms with Crippen LogP contribution in [0.4, 0.5) is 5.69 Å². The molecule has 0 saturated carbocycles. The summed E-state index contributed by atoms with van der Waals surface area (Å²) in [5.41, 5.74) is 5.24. The van der Waals surface area contributed by atoms with Crippen molar-refractivity contribution in [1.29, 1.82) is 0 Å². The largest absolute Gasteiger partial charge is 0.497 e. The highest BCUT2D eigenvalue weighted by Crippen LogP contribution is 2.38. The van der Waals surface area contributed by atoms with Crippen LogP contribution in [0.3, 0.4) is 0 Å². The number of benzene rings is 3. The second kappa shape index (κ2) is 11.3. The van der Waals surface area contributed by atoms with Crippen LogP contribution in [0.25, 0.3) is 22.6 Å². The summed E-state index contributed by atoms with van der Waals surface area (Å²) in [5.74, 6) is 0.974. The average Bonchev–Trinajstić information content (AvgIpc) is 3.36. The molecule has 8 nitrogen and oxygen atoms in total. The van der Waals surface area contributed by atoms with Gasteiger partial charge in [-0.25, -0.2) is 9.78 Å². The van der Waals surface area contributed by atoms with Crippen molar-refractivity contribution >= 4 is 40.1 Å². The number of carbonyl (C=O) groups excluding carboxylic acids is 2. The molecule has 0 saturated heterocycles. The number of amides is 1. The van der Waals surface area contributed by atoms with Crippen molar-refractivity contribution in [2.24, 2.45) is 0 Å². The molecule has 3 aromatic carbocycles. The molecule has 0 unspecified atom stereocenters. The van der Waals surface area contributed by atoms with Gasteiger partial charge in [0.2, 0.25) is 0 Å². The van der Waals surface area contributed by atoms with E-state index >= 15 is 0 Å². The maximum absolute atomic E-state index is 13.4. The molecule has 1 N–H and O–H groups in total. The normalized spacial score (nSPS) is 13.2. The summed E-state index contributed by atoms with van der Waals surface area (Å²) < 4.78 is 21.4. The zero-order valence-corrected chi connectivity index (χ0v) is 21.9. The van der Waals surface area contributed by atoms with Crippen molar-refractivity contribution in [1.82, 2.24) is 4.98 Å². The summed E-state index contributed by atoms with van der Waals surface area (Å²) in [6.45, 7) is -0.412. The number of pyridine rings is 1. The smallest absolute Gasteiger partial charge is 0.339 e. The second-order valence-corrected chi connectivity index (χ2v) is 8.97. The Bertz CT molecular complexity index is 1580. The molecular formula is C31H28N2O6. The molecule has 198 valence electrons. The third kappa shape index (κ3) is 5.40. The number of allylic oxidation sites excluding steroid dienone is 1. The molecule has 1 aliphatic rings. The van der Waals surface area contributed by atoms with Crippen molar-refractivity contribution in [2.45, 2.75) is 12.8 Å². The first-order valence-electron chi connectivity index (χ1n) is 12.5. The maximum atomic E-state index is 13.4. The Kier molecular flexibility index (Phi) is 7.45. The molecule has 0 bridgehead atoms. The maximum Gasteiger partial charge on any atom is 0.339 e. The summed E-state index contributed by atoms with van der Waals surface area (Å²) in [5, 5.41) is 3.43. The standard InChI is InChI=1S/C31H28N2O6/c1-36-22-12-10-21(11-13-22)32-28(34)18-39-31(35)29-23-6-4-5-7-25(23)33-30-20(9-14-24(29)30)16-19-8-15-26(37-2)27(17-19)38-3/h4-8,10-13,15-17H,9,14,18H2,1-3H3,(H,32,34)/b20-16-. The average molecular weight is 525 g/mol. The van der Waals surface area contributed by atoms with E-state index in [2.05, 4.69) is 5.32 Å². The zero-order valence-electron chi connectivity index (χ0n) is 21.9. The van der Waals surface area contributed by atoms with Crippen LogP contribution < -0.4 is 19.5 Å². The fourth-order valence-electron chi connectivity index (χ4n) is 4.73. The quantitative estimate of drug-likeness (QED) is 0.302. The minimum absolute atomic E-state index is 0.412. The highest BCUT2D eigenvalue weighted by Gasteiger charge is 2.28. The fourth-order valence-corrected chi connectivity index (χ4v) is 4.73. The van der Waals surface area contributed by atoms with Gasteiger partial charge in [0, 0.05) is 11.1 Å². The Morgan fingerprint density at radius 1 is 0.897 bits per heavy atom. The van der Waals surface area contributed by atoms with Crippen molar-refractivity contribution < 1.29 is 28.5 Å². The van der Waals surface area contributed by atoms with Gasteiger partial charge < -0.3 is 24.3 Å². The molecule has 4 aromatic rings. The van der Waals surface area contributed by atoms with Gasteiger partial charge in [-0.1, -0.05) is 24.3 Å². The fraction of sp³-hybridized carbons (Fsp3) is 0.194. The molecule has 5 rings (SSSR count). The minimum atomic E-state index is -0.554. The molecule has 1 aromatic heterocycles. The molecule has 0 fully saturated rings. The predicted molar refractivity (Wildman–Crippen MR) is 149 cm³/mol. The summed E-state index contributed by atoms with van der Waals surface area (Å²) in [4.78, 5) is 30.8. The Hall–Kier alpha value is -4.85. The van der Waals surface area contributed by atoms with E-state index in [1.807, 2.05) is 48.5 Å². The molecule has 39 heavy (non-hydrogen) atoms. The molecule has 1 heterocycles. The number of para-hydroxylation sites is 1. The number of methoxy groups -OCH3 is 3. The third-order valence-corrected chi connectivity index (χ3v) is 6.60. The Labute approximate surface area is 226 Å². The number of rotatable bonds is 8. The van der Waals surface area contributed by atoms with Gasteiger partial charge >= 0.3 is 5.97 Å². The molecular weight excluding hydrogens is 496 g/mol. The monoisotopic (exact) mass is 524 g/mol. The number of nitrogens with zero attached hydrogens (tertiary/aromatic N) is 1. The summed E-state index contributed by atoms with van der Waals surface area (Å²) in [6, 6.07) is 20.1. The Balaban J connectivity index is 1.41. The van der Waals surface area contributed by atoms with Crippen molar-refractivity contribution in [3.8, 4) is 17.2 Å². The topological polar surface area (TPSA) is 96.0 Å². The van der Waals surface area contributed by atoms with Crippen LogP contribution >= 0.6 is 0 Å². The Morgan fingerprint density at radius 3 is 2.41 bits per heavy atom. The van der Waals surface area contributed by atoms with E-state index in [9.17, 15) is 9.59 Å². The van der Waals surface area contributed by atoms with Crippen molar-refractivity contribution in [2.75, 3.05) is 33.3 Å². The van der Waals surface area contributed by atoms with E-state index in [1.165, 1.54) is 0 Å². The number of nitrogens with one attached hydrogen (secondary N) is 1. The van der Waals surface area contributed by atoms with Gasteiger partial charge in [-0.3, -0.25) is 4.79 Å². The highest BCUT2D eigenvalue weighted by molar-refractivity contribution is 6.08. The summed E-state index contributed by atoms with van der Waals surface area (Å²) in [7, 11) is 4.77. The number of carbonyl (C=O) groups is 2. The van der Waals surface area contributed by atoms with Crippen LogP contribution in [-0.2, 0) is 16.0 Å². The van der Waals surface area contributed by atoms with E-state index in [-0.39, 0.29) is 0 Å².